The molecule has 0 aromatic carbocycles. The molecule has 0 bridgehead atoms. The quantitative estimate of drug-likeness (QED) is 0.776. The highest BCUT2D eigenvalue weighted by atomic mass is 15.1. The average molecular weight is 217 g/mol. The molecule has 2 aliphatic rings. The lowest BCUT2D eigenvalue weighted by Crippen LogP contribution is -2.36. The van der Waals surface area contributed by atoms with Gasteiger partial charge < -0.3 is 4.90 Å². The predicted octanol–water partition coefficient (Wildman–Crippen LogP) is 2.07. The zero-order chi connectivity index (χ0) is 10.8. The standard InChI is InChI=1S/C13H19N3/c1-2-12(13-8-14-5-6-15-13)10-16(7-1)9-11-3-4-11/h5-6,8,11-12H,1-4,7,9-10H2/t12-/m1/s1. The van der Waals surface area contributed by atoms with Crippen LogP contribution in [0.5, 0.6) is 0 Å². The second-order valence-corrected chi connectivity index (χ2v) is 5.17. The van der Waals surface area contributed by atoms with Gasteiger partial charge in [0.25, 0.3) is 0 Å². The van der Waals surface area contributed by atoms with Gasteiger partial charge in [-0.2, -0.15) is 0 Å². The molecular weight excluding hydrogens is 198 g/mol. The van der Waals surface area contributed by atoms with E-state index in [1.165, 1.54) is 51.0 Å². The highest BCUT2D eigenvalue weighted by Gasteiger charge is 2.28. The summed E-state index contributed by atoms with van der Waals surface area (Å²) in [5, 5.41) is 0. The van der Waals surface area contributed by atoms with Crippen molar-refractivity contribution in [3.05, 3.63) is 24.3 Å². The van der Waals surface area contributed by atoms with Crippen molar-refractivity contribution in [3.63, 3.8) is 0 Å². The van der Waals surface area contributed by atoms with Gasteiger partial charge in [0.2, 0.25) is 0 Å². The van der Waals surface area contributed by atoms with Crippen LogP contribution < -0.4 is 0 Å². The summed E-state index contributed by atoms with van der Waals surface area (Å²) >= 11 is 0. The SMILES string of the molecule is c1cnc([C@@H]2CCCN(CC3CC3)C2)cn1. The van der Waals surface area contributed by atoms with Crippen molar-refractivity contribution >= 4 is 0 Å². The highest BCUT2D eigenvalue weighted by Crippen LogP contribution is 2.32. The van der Waals surface area contributed by atoms with Gasteiger partial charge in [0.05, 0.1) is 5.69 Å². The fraction of sp³-hybridized carbons (Fsp3) is 0.692. The largest absolute Gasteiger partial charge is 0.302 e. The van der Waals surface area contributed by atoms with Crippen molar-refractivity contribution in [1.29, 1.82) is 0 Å². The summed E-state index contributed by atoms with van der Waals surface area (Å²) in [7, 11) is 0. The monoisotopic (exact) mass is 217 g/mol. The van der Waals surface area contributed by atoms with Gasteiger partial charge in [0.15, 0.2) is 0 Å². The molecule has 0 amide bonds. The molecule has 1 atom stereocenters. The van der Waals surface area contributed by atoms with Crippen LogP contribution in [-0.4, -0.2) is 34.5 Å². The van der Waals surface area contributed by atoms with Gasteiger partial charge in [-0.15, -0.1) is 0 Å². The Morgan fingerprint density at radius 2 is 2.19 bits per heavy atom. The first-order chi connectivity index (χ1) is 7.92. The summed E-state index contributed by atoms with van der Waals surface area (Å²) in [4.78, 5) is 11.2. The highest BCUT2D eigenvalue weighted by molar-refractivity contribution is 5.05. The Morgan fingerprint density at radius 1 is 1.25 bits per heavy atom. The third kappa shape index (κ3) is 2.40. The summed E-state index contributed by atoms with van der Waals surface area (Å²) < 4.78 is 0. The van der Waals surface area contributed by atoms with E-state index in [2.05, 4.69) is 14.9 Å². The molecule has 3 heteroatoms. The van der Waals surface area contributed by atoms with E-state index in [9.17, 15) is 0 Å². The van der Waals surface area contributed by atoms with E-state index in [1.54, 1.807) is 6.20 Å². The van der Waals surface area contributed by atoms with Crippen LogP contribution in [0.15, 0.2) is 18.6 Å². The van der Waals surface area contributed by atoms with Gasteiger partial charge in [-0.05, 0) is 38.1 Å². The second-order valence-electron chi connectivity index (χ2n) is 5.17. The summed E-state index contributed by atoms with van der Waals surface area (Å²) in [5.74, 6) is 1.61. The van der Waals surface area contributed by atoms with Crippen molar-refractivity contribution in [1.82, 2.24) is 14.9 Å². The average Bonchev–Trinajstić information content (AvgIpc) is 3.15. The van der Waals surface area contributed by atoms with Gasteiger partial charge >= 0.3 is 0 Å². The Kier molecular flexibility index (Phi) is 2.87. The molecule has 16 heavy (non-hydrogen) atoms. The van der Waals surface area contributed by atoms with Crippen LogP contribution in [0, 0.1) is 5.92 Å². The fourth-order valence-corrected chi connectivity index (χ4v) is 2.65. The normalized spacial score (nSPS) is 26.9. The van der Waals surface area contributed by atoms with E-state index >= 15 is 0 Å². The molecule has 2 heterocycles. The van der Waals surface area contributed by atoms with Crippen LogP contribution in [0.3, 0.4) is 0 Å². The molecule has 86 valence electrons. The first-order valence-corrected chi connectivity index (χ1v) is 6.40. The maximum absolute atomic E-state index is 4.44. The first kappa shape index (κ1) is 10.2. The number of piperidine rings is 1. The zero-order valence-corrected chi connectivity index (χ0v) is 9.68. The molecule has 2 fully saturated rings. The predicted molar refractivity (Wildman–Crippen MR) is 63.2 cm³/mol. The maximum atomic E-state index is 4.44. The van der Waals surface area contributed by atoms with Crippen molar-refractivity contribution in [2.75, 3.05) is 19.6 Å². The summed E-state index contributed by atoms with van der Waals surface area (Å²) in [6.07, 6.45) is 11.0. The third-order valence-electron chi connectivity index (χ3n) is 3.72. The smallest absolute Gasteiger partial charge is 0.0630 e. The fourth-order valence-electron chi connectivity index (χ4n) is 2.65. The lowest BCUT2D eigenvalue weighted by atomic mass is 9.95. The molecule has 0 unspecified atom stereocenters. The molecule has 0 N–H and O–H groups in total. The molecule has 3 rings (SSSR count). The van der Waals surface area contributed by atoms with Gasteiger partial charge in [-0.25, -0.2) is 0 Å². The van der Waals surface area contributed by atoms with E-state index in [-0.39, 0.29) is 0 Å². The van der Waals surface area contributed by atoms with Crippen LogP contribution in [0.4, 0.5) is 0 Å². The van der Waals surface area contributed by atoms with Crippen LogP contribution in [0.25, 0.3) is 0 Å². The number of nitrogens with zero attached hydrogens (tertiary/aromatic N) is 3. The van der Waals surface area contributed by atoms with Crippen LogP contribution >= 0.6 is 0 Å². The maximum Gasteiger partial charge on any atom is 0.0630 e. The molecule has 1 aromatic heterocycles. The van der Waals surface area contributed by atoms with Crippen LogP contribution in [0.2, 0.25) is 0 Å². The Bertz CT molecular complexity index is 334. The van der Waals surface area contributed by atoms with Crippen LogP contribution in [-0.2, 0) is 0 Å². The number of hydrogen-bond donors (Lipinski definition) is 0. The van der Waals surface area contributed by atoms with Crippen LogP contribution in [0.1, 0.15) is 37.3 Å². The van der Waals surface area contributed by atoms with Gasteiger partial charge in [0.1, 0.15) is 0 Å². The van der Waals surface area contributed by atoms with Crippen molar-refractivity contribution in [2.45, 2.75) is 31.6 Å². The van der Waals surface area contributed by atoms with Gasteiger partial charge in [-0.1, -0.05) is 0 Å². The molecule has 1 aliphatic carbocycles. The van der Waals surface area contributed by atoms with Crippen molar-refractivity contribution in [2.24, 2.45) is 5.92 Å². The second kappa shape index (κ2) is 4.50. The number of likely N-dealkylation sites (tertiary alicyclic amines) is 1. The van der Waals surface area contributed by atoms with Crippen molar-refractivity contribution < 1.29 is 0 Å². The lowest BCUT2D eigenvalue weighted by molar-refractivity contribution is 0.198. The number of rotatable bonds is 3. The molecule has 0 spiro atoms. The Balaban J connectivity index is 1.62. The lowest BCUT2D eigenvalue weighted by Gasteiger charge is -2.32. The minimum Gasteiger partial charge on any atom is -0.302 e. The Labute approximate surface area is 96.9 Å². The molecular formula is C13H19N3. The topological polar surface area (TPSA) is 29.0 Å². The summed E-state index contributed by atoms with van der Waals surface area (Å²) in [6, 6.07) is 0. The number of hydrogen-bond acceptors (Lipinski definition) is 3. The molecule has 1 aliphatic heterocycles. The molecule has 1 saturated carbocycles. The molecule has 0 radical (unpaired) electrons. The minimum absolute atomic E-state index is 0.612. The number of aromatic nitrogens is 2. The van der Waals surface area contributed by atoms with Gasteiger partial charge in [0, 0.05) is 37.6 Å². The summed E-state index contributed by atoms with van der Waals surface area (Å²) in [6.45, 7) is 3.79. The van der Waals surface area contributed by atoms with E-state index in [4.69, 9.17) is 0 Å². The Hall–Kier alpha value is -0.960. The molecule has 3 nitrogen and oxygen atoms in total. The third-order valence-corrected chi connectivity index (χ3v) is 3.72. The van der Waals surface area contributed by atoms with Crippen molar-refractivity contribution in [3.8, 4) is 0 Å². The summed E-state index contributed by atoms with van der Waals surface area (Å²) in [5.41, 5.74) is 1.18. The minimum atomic E-state index is 0.612. The molecule has 1 saturated heterocycles. The van der Waals surface area contributed by atoms with E-state index in [1.807, 2.05) is 12.4 Å². The van der Waals surface area contributed by atoms with E-state index in [0.29, 0.717) is 5.92 Å². The Morgan fingerprint density at radius 3 is 2.94 bits per heavy atom. The van der Waals surface area contributed by atoms with Gasteiger partial charge in [-0.3, -0.25) is 9.97 Å². The first-order valence-electron chi connectivity index (χ1n) is 6.40. The molecule has 1 aromatic rings. The van der Waals surface area contributed by atoms with E-state index < -0.39 is 0 Å². The van der Waals surface area contributed by atoms with E-state index in [0.717, 1.165) is 5.92 Å². The zero-order valence-electron chi connectivity index (χ0n) is 9.68.